The summed E-state index contributed by atoms with van der Waals surface area (Å²) in [7, 11) is 0. The van der Waals surface area contributed by atoms with Crippen LogP contribution in [-0.4, -0.2) is 37.2 Å². The molecule has 0 aromatic heterocycles. The second-order valence-corrected chi connectivity index (χ2v) is 17.8. The van der Waals surface area contributed by atoms with Gasteiger partial charge in [0.15, 0.2) is 6.10 Å². The zero-order valence-electron chi connectivity index (χ0n) is 41.6. The molecule has 0 aliphatic rings. The van der Waals surface area contributed by atoms with Crippen LogP contribution in [0.1, 0.15) is 265 Å². The number of carbonyl (C=O) groups is 3. The summed E-state index contributed by atoms with van der Waals surface area (Å²) >= 11 is 0. The molecule has 0 aromatic carbocycles. The van der Waals surface area contributed by atoms with E-state index in [4.69, 9.17) is 14.2 Å². The van der Waals surface area contributed by atoms with Crippen LogP contribution in [-0.2, 0) is 28.6 Å². The van der Waals surface area contributed by atoms with E-state index in [0.717, 1.165) is 89.9 Å². The van der Waals surface area contributed by atoms with Gasteiger partial charge in [0.05, 0.1) is 0 Å². The predicted octanol–water partition coefficient (Wildman–Crippen LogP) is 17.6. The molecule has 0 amide bonds. The number of unbranched alkanes of at least 4 members (excludes halogenated alkanes) is 27. The van der Waals surface area contributed by atoms with Gasteiger partial charge in [0.2, 0.25) is 0 Å². The molecule has 0 fully saturated rings. The molecule has 0 saturated heterocycles. The van der Waals surface area contributed by atoms with Crippen molar-refractivity contribution in [1.29, 1.82) is 0 Å². The number of esters is 3. The molecule has 63 heavy (non-hydrogen) atoms. The number of ether oxygens (including phenoxy) is 3. The largest absolute Gasteiger partial charge is 0.462 e. The summed E-state index contributed by atoms with van der Waals surface area (Å²) in [6.45, 7) is 6.44. The summed E-state index contributed by atoms with van der Waals surface area (Å²) in [6, 6.07) is 0. The van der Waals surface area contributed by atoms with Crippen LogP contribution >= 0.6 is 0 Å². The molecule has 0 aliphatic heterocycles. The maximum Gasteiger partial charge on any atom is 0.306 e. The van der Waals surface area contributed by atoms with E-state index in [-0.39, 0.29) is 31.1 Å². The minimum atomic E-state index is -0.764. The maximum absolute atomic E-state index is 12.6. The Labute approximate surface area is 390 Å². The molecule has 1 unspecified atom stereocenters. The van der Waals surface area contributed by atoms with Crippen molar-refractivity contribution in [3.05, 3.63) is 60.8 Å². The molecule has 0 N–H and O–H groups in total. The van der Waals surface area contributed by atoms with Gasteiger partial charge in [-0.15, -0.1) is 0 Å². The predicted molar refractivity (Wildman–Crippen MR) is 270 cm³/mol. The van der Waals surface area contributed by atoms with Gasteiger partial charge >= 0.3 is 17.9 Å². The Morgan fingerprint density at radius 2 is 0.619 bits per heavy atom. The average Bonchev–Trinajstić information content (AvgIpc) is 3.28. The molecule has 1 atom stereocenters. The summed E-state index contributed by atoms with van der Waals surface area (Å²) in [4.78, 5) is 37.5. The fourth-order valence-electron chi connectivity index (χ4n) is 7.53. The Balaban J connectivity index is 3.91. The molecule has 0 heterocycles. The van der Waals surface area contributed by atoms with Gasteiger partial charge in [-0.05, 0) is 64.2 Å². The molecule has 6 nitrogen and oxygen atoms in total. The third-order valence-electron chi connectivity index (χ3n) is 11.5. The molecule has 0 aliphatic carbocycles. The average molecular weight is 881 g/mol. The van der Waals surface area contributed by atoms with E-state index < -0.39 is 6.10 Å². The maximum atomic E-state index is 12.6. The molecule has 6 heteroatoms. The number of allylic oxidation sites excluding steroid dienone is 10. The van der Waals surface area contributed by atoms with Gasteiger partial charge in [-0.25, -0.2) is 0 Å². The first-order valence-corrected chi connectivity index (χ1v) is 26.8. The quantitative estimate of drug-likeness (QED) is 0.0262. The topological polar surface area (TPSA) is 78.9 Å². The zero-order chi connectivity index (χ0) is 45.8. The summed E-state index contributed by atoms with van der Waals surface area (Å²) in [6.07, 6.45) is 64.1. The molecule has 364 valence electrons. The van der Waals surface area contributed by atoms with Crippen LogP contribution in [0.3, 0.4) is 0 Å². The van der Waals surface area contributed by atoms with Crippen molar-refractivity contribution in [3.63, 3.8) is 0 Å². The minimum Gasteiger partial charge on any atom is -0.462 e. The number of rotatable bonds is 48. The SMILES string of the molecule is CC/C=C\C/C=C\C/C=C\C/C=C\C/C=C\CCCCCCCCCCCCCCCCCC(=O)OCC(COC(=O)CCCCCCCC)OC(=O)CCCCCCCCCC. The minimum absolute atomic E-state index is 0.0707. The van der Waals surface area contributed by atoms with E-state index in [9.17, 15) is 14.4 Å². The molecule has 0 spiro atoms. The molecular weight excluding hydrogens is 781 g/mol. The van der Waals surface area contributed by atoms with Crippen LogP contribution in [0.15, 0.2) is 60.8 Å². The second kappa shape index (κ2) is 51.7. The van der Waals surface area contributed by atoms with Gasteiger partial charge in [0.25, 0.3) is 0 Å². The lowest BCUT2D eigenvalue weighted by Crippen LogP contribution is -2.30. The van der Waals surface area contributed by atoms with Crippen molar-refractivity contribution in [2.75, 3.05) is 13.2 Å². The van der Waals surface area contributed by atoms with E-state index >= 15 is 0 Å². The molecule has 0 radical (unpaired) electrons. The standard InChI is InChI=1S/C57H100O6/c1-4-7-10-13-16-18-19-20-21-22-23-24-25-26-27-28-29-30-31-32-33-34-35-36-37-38-39-40-42-44-47-50-56(59)62-53-54(52-61-55(58)49-46-43-15-12-9-6-3)63-57(60)51-48-45-41-17-14-11-8-5-2/h7,10,16,18,20-21,23-24,26-27,54H,4-6,8-9,11-15,17,19,22,25,28-53H2,1-3H3/b10-7-,18-16-,21-20-,24-23-,27-26-. The zero-order valence-corrected chi connectivity index (χ0v) is 41.6. The van der Waals surface area contributed by atoms with Crippen LogP contribution in [0.4, 0.5) is 0 Å². The molecule has 0 rings (SSSR count). The van der Waals surface area contributed by atoms with Crippen molar-refractivity contribution in [1.82, 2.24) is 0 Å². The lowest BCUT2D eigenvalue weighted by Gasteiger charge is -2.18. The third-order valence-corrected chi connectivity index (χ3v) is 11.5. The van der Waals surface area contributed by atoms with E-state index in [2.05, 4.69) is 81.5 Å². The number of hydrogen-bond donors (Lipinski definition) is 0. The van der Waals surface area contributed by atoms with E-state index in [1.165, 1.54) is 135 Å². The smallest absolute Gasteiger partial charge is 0.306 e. The molecule has 0 bridgehead atoms. The van der Waals surface area contributed by atoms with E-state index in [0.29, 0.717) is 19.3 Å². The van der Waals surface area contributed by atoms with Gasteiger partial charge in [0, 0.05) is 19.3 Å². The molecule has 0 aromatic rings. The summed E-state index contributed by atoms with van der Waals surface area (Å²) in [5.74, 6) is -0.880. The van der Waals surface area contributed by atoms with Gasteiger partial charge in [-0.2, -0.15) is 0 Å². The molecule has 0 saturated carbocycles. The first-order valence-electron chi connectivity index (χ1n) is 26.8. The van der Waals surface area contributed by atoms with Crippen LogP contribution in [0.5, 0.6) is 0 Å². The lowest BCUT2D eigenvalue weighted by atomic mass is 10.0. The van der Waals surface area contributed by atoms with Crippen molar-refractivity contribution in [2.24, 2.45) is 0 Å². The highest BCUT2D eigenvalue weighted by atomic mass is 16.6. The first-order chi connectivity index (χ1) is 31.0. The lowest BCUT2D eigenvalue weighted by molar-refractivity contribution is -0.167. The highest BCUT2D eigenvalue weighted by Crippen LogP contribution is 2.16. The van der Waals surface area contributed by atoms with E-state index in [1.54, 1.807) is 0 Å². The Morgan fingerprint density at radius 3 is 0.968 bits per heavy atom. The Hall–Kier alpha value is -2.89. The normalized spacial score (nSPS) is 12.5. The number of carbonyl (C=O) groups excluding carboxylic acids is 3. The van der Waals surface area contributed by atoms with Gasteiger partial charge in [-0.3, -0.25) is 14.4 Å². The first kappa shape index (κ1) is 60.1. The van der Waals surface area contributed by atoms with Gasteiger partial charge in [-0.1, -0.05) is 242 Å². The van der Waals surface area contributed by atoms with Crippen molar-refractivity contribution >= 4 is 17.9 Å². The monoisotopic (exact) mass is 881 g/mol. The Morgan fingerprint density at radius 1 is 0.333 bits per heavy atom. The van der Waals surface area contributed by atoms with Gasteiger partial charge in [0.1, 0.15) is 13.2 Å². The van der Waals surface area contributed by atoms with Crippen molar-refractivity contribution < 1.29 is 28.6 Å². The summed E-state index contributed by atoms with van der Waals surface area (Å²) in [5, 5.41) is 0. The highest BCUT2D eigenvalue weighted by molar-refractivity contribution is 5.71. The van der Waals surface area contributed by atoms with Crippen LogP contribution in [0, 0.1) is 0 Å². The molecular formula is C57H100O6. The summed E-state index contributed by atoms with van der Waals surface area (Å²) in [5.41, 5.74) is 0. The van der Waals surface area contributed by atoms with Crippen LogP contribution < -0.4 is 0 Å². The highest BCUT2D eigenvalue weighted by Gasteiger charge is 2.19. The van der Waals surface area contributed by atoms with Crippen LogP contribution in [0.2, 0.25) is 0 Å². The summed E-state index contributed by atoms with van der Waals surface area (Å²) < 4.78 is 16.6. The fourth-order valence-corrected chi connectivity index (χ4v) is 7.53. The van der Waals surface area contributed by atoms with E-state index in [1.807, 2.05) is 0 Å². The van der Waals surface area contributed by atoms with Gasteiger partial charge < -0.3 is 14.2 Å². The van der Waals surface area contributed by atoms with Crippen molar-refractivity contribution in [3.8, 4) is 0 Å². The number of hydrogen-bond acceptors (Lipinski definition) is 6. The Kier molecular flexibility index (Phi) is 49.4. The second-order valence-electron chi connectivity index (χ2n) is 17.8. The van der Waals surface area contributed by atoms with Crippen LogP contribution in [0.25, 0.3) is 0 Å². The fraction of sp³-hybridized carbons (Fsp3) is 0.772. The third kappa shape index (κ3) is 50.0. The van der Waals surface area contributed by atoms with Crippen molar-refractivity contribution in [2.45, 2.75) is 271 Å². The Bertz CT molecular complexity index is 1150.